The molecule has 1 N–H and O–H groups in total. The van der Waals surface area contributed by atoms with E-state index in [1.165, 1.54) is 16.4 Å². The third kappa shape index (κ3) is 3.48. The Morgan fingerprint density at radius 3 is 2.81 bits per heavy atom. The van der Waals surface area contributed by atoms with E-state index in [-0.39, 0.29) is 36.1 Å². The molecule has 1 aliphatic rings. The topological polar surface area (TPSA) is 83.6 Å². The van der Waals surface area contributed by atoms with Gasteiger partial charge < -0.3 is 5.32 Å². The molecular weight excluding hydrogens is 292 g/mol. The number of Topliss-reactive ketones (excluding diaryl/α,β-unsaturated/α-hetero) is 1. The van der Waals surface area contributed by atoms with E-state index in [1.807, 2.05) is 0 Å². The molecule has 0 atom stereocenters. The Hall–Kier alpha value is -1.73. The number of carbonyl (C=O) groups is 2. The lowest BCUT2D eigenvalue weighted by Crippen LogP contribution is -2.34. The fraction of sp³-hybridized carbons (Fsp3) is 0.429. The quantitative estimate of drug-likeness (QED) is 0.833. The Morgan fingerprint density at radius 2 is 2.10 bits per heavy atom. The second-order valence-electron chi connectivity index (χ2n) is 4.81. The Morgan fingerprint density at radius 1 is 1.33 bits per heavy atom. The SMILES string of the molecule is CCC(=O)c1cccc(S(=O)(=O)N2CCNC(=O)CC2)c1. The summed E-state index contributed by atoms with van der Waals surface area (Å²) in [5.74, 6) is -0.248. The van der Waals surface area contributed by atoms with Crippen molar-refractivity contribution in [2.24, 2.45) is 0 Å². The molecular formula is C14H18N2O4S. The second-order valence-corrected chi connectivity index (χ2v) is 6.75. The van der Waals surface area contributed by atoms with Crippen molar-refractivity contribution in [2.75, 3.05) is 19.6 Å². The molecule has 1 heterocycles. The number of ketones is 1. The zero-order chi connectivity index (χ0) is 15.5. The Bertz CT molecular complexity index is 655. The van der Waals surface area contributed by atoms with Crippen molar-refractivity contribution in [1.29, 1.82) is 0 Å². The van der Waals surface area contributed by atoms with Crippen LogP contribution in [0.4, 0.5) is 0 Å². The van der Waals surface area contributed by atoms with Gasteiger partial charge in [-0.05, 0) is 12.1 Å². The minimum Gasteiger partial charge on any atom is -0.355 e. The molecule has 1 aliphatic heterocycles. The molecule has 6 nitrogen and oxygen atoms in total. The fourth-order valence-corrected chi connectivity index (χ4v) is 3.66. The standard InChI is InChI=1S/C14H18N2O4S/c1-2-13(17)11-4-3-5-12(10-11)21(19,20)16-8-6-14(18)15-7-9-16/h3-5,10H,2,6-9H2,1H3,(H,15,18). The third-order valence-electron chi connectivity index (χ3n) is 3.39. The highest BCUT2D eigenvalue weighted by Gasteiger charge is 2.27. The van der Waals surface area contributed by atoms with E-state index < -0.39 is 10.0 Å². The number of rotatable bonds is 4. The fourth-order valence-electron chi connectivity index (χ4n) is 2.17. The summed E-state index contributed by atoms with van der Waals surface area (Å²) < 4.78 is 26.4. The molecule has 1 saturated heterocycles. The maximum Gasteiger partial charge on any atom is 0.243 e. The van der Waals surface area contributed by atoms with Crippen molar-refractivity contribution in [3.8, 4) is 0 Å². The number of nitrogens with zero attached hydrogens (tertiary/aromatic N) is 1. The largest absolute Gasteiger partial charge is 0.355 e. The molecule has 1 fully saturated rings. The van der Waals surface area contributed by atoms with Crippen LogP contribution < -0.4 is 5.32 Å². The molecule has 0 bridgehead atoms. The molecule has 0 radical (unpaired) electrons. The van der Waals surface area contributed by atoms with E-state index in [1.54, 1.807) is 19.1 Å². The van der Waals surface area contributed by atoms with Crippen LogP contribution in [0.2, 0.25) is 0 Å². The first-order valence-electron chi connectivity index (χ1n) is 6.85. The van der Waals surface area contributed by atoms with Gasteiger partial charge in [0.25, 0.3) is 0 Å². The van der Waals surface area contributed by atoms with E-state index in [0.717, 1.165) is 0 Å². The van der Waals surface area contributed by atoms with Gasteiger partial charge in [-0.2, -0.15) is 4.31 Å². The van der Waals surface area contributed by atoms with Crippen LogP contribution in [0.5, 0.6) is 0 Å². The Balaban J connectivity index is 2.30. The smallest absolute Gasteiger partial charge is 0.243 e. The van der Waals surface area contributed by atoms with E-state index in [9.17, 15) is 18.0 Å². The van der Waals surface area contributed by atoms with Crippen LogP contribution in [0, 0.1) is 0 Å². The first kappa shape index (κ1) is 15.7. The first-order valence-corrected chi connectivity index (χ1v) is 8.29. The van der Waals surface area contributed by atoms with Crippen molar-refractivity contribution in [1.82, 2.24) is 9.62 Å². The predicted octanol–water partition coefficient (Wildman–Crippen LogP) is 0.790. The summed E-state index contributed by atoms with van der Waals surface area (Å²) in [6.07, 6.45) is 0.471. The zero-order valence-electron chi connectivity index (χ0n) is 11.8. The summed E-state index contributed by atoms with van der Waals surface area (Å²) in [5, 5.41) is 2.64. The van der Waals surface area contributed by atoms with Gasteiger partial charge in [0, 0.05) is 38.0 Å². The van der Waals surface area contributed by atoms with Crippen molar-refractivity contribution >= 4 is 21.7 Å². The monoisotopic (exact) mass is 310 g/mol. The lowest BCUT2D eigenvalue weighted by atomic mass is 10.1. The second kappa shape index (κ2) is 6.36. The summed E-state index contributed by atoms with van der Waals surface area (Å²) in [7, 11) is -3.68. The minimum absolute atomic E-state index is 0.0937. The van der Waals surface area contributed by atoms with Crippen molar-refractivity contribution in [2.45, 2.75) is 24.7 Å². The van der Waals surface area contributed by atoms with Gasteiger partial charge in [-0.25, -0.2) is 8.42 Å². The number of sulfonamides is 1. The first-order chi connectivity index (χ1) is 9.95. The van der Waals surface area contributed by atoms with Crippen LogP contribution in [0.1, 0.15) is 30.1 Å². The van der Waals surface area contributed by atoms with Gasteiger partial charge >= 0.3 is 0 Å². The Labute approximate surface area is 124 Å². The molecule has 114 valence electrons. The van der Waals surface area contributed by atoms with E-state index in [0.29, 0.717) is 18.5 Å². The highest BCUT2D eigenvalue weighted by molar-refractivity contribution is 7.89. The highest BCUT2D eigenvalue weighted by atomic mass is 32.2. The molecule has 2 rings (SSSR count). The maximum atomic E-state index is 12.6. The van der Waals surface area contributed by atoms with Gasteiger partial charge in [0.05, 0.1) is 4.90 Å². The average Bonchev–Trinajstić information content (AvgIpc) is 2.71. The van der Waals surface area contributed by atoms with Crippen molar-refractivity contribution in [3.05, 3.63) is 29.8 Å². The molecule has 1 amide bonds. The van der Waals surface area contributed by atoms with Crippen LogP contribution in [0.15, 0.2) is 29.2 Å². The number of nitrogens with one attached hydrogen (secondary N) is 1. The molecule has 21 heavy (non-hydrogen) atoms. The summed E-state index contributed by atoms with van der Waals surface area (Å²) in [6.45, 7) is 2.42. The van der Waals surface area contributed by atoms with Crippen molar-refractivity contribution in [3.63, 3.8) is 0 Å². The summed E-state index contributed by atoms with van der Waals surface area (Å²) >= 11 is 0. The van der Waals surface area contributed by atoms with Crippen LogP contribution in [-0.2, 0) is 14.8 Å². The molecule has 1 aromatic carbocycles. The van der Waals surface area contributed by atoms with Crippen LogP contribution >= 0.6 is 0 Å². The minimum atomic E-state index is -3.68. The number of amides is 1. The van der Waals surface area contributed by atoms with E-state index in [2.05, 4.69) is 5.32 Å². The zero-order valence-corrected chi connectivity index (χ0v) is 12.6. The third-order valence-corrected chi connectivity index (χ3v) is 5.28. The normalized spacial score (nSPS) is 17.1. The van der Waals surface area contributed by atoms with Crippen LogP contribution in [-0.4, -0.2) is 44.0 Å². The molecule has 0 spiro atoms. The van der Waals surface area contributed by atoms with Gasteiger partial charge in [0.1, 0.15) is 0 Å². The average molecular weight is 310 g/mol. The van der Waals surface area contributed by atoms with Gasteiger partial charge in [-0.3, -0.25) is 9.59 Å². The Kier molecular flexibility index (Phi) is 4.74. The number of benzene rings is 1. The van der Waals surface area contributed by atoms with Crippen LogP contribution in [0.3, 0.4) is 0 Å². The highest BCUT2D eigenvalue weighted by Crippen LogP contribution is 2.18. The molecule has 0 aliphatic carbocycles. The summed E-state index contributed by atoms with van der Waals surface area (Å²) in [5.41, 5.74) is 0.391. The van der Waals surface area contributed by atoms with Gasteiger partial charge in [-0.15, -0.1) is 0 Å². The number of carbonyl (C=O) groups excluding carboxylic acids is 2. The van der Waals surface area contributed by atoms with E-state index in [4.69, 9.17) is 0 Å². The number of hydrogen-bond donors (Lipinski definition) is 1. The van der Waals surface area contributed by atoms with Gasteiger partial charge in [0.15, 0.2) is 5.78 Å². The summed E-state index contributed by atoms with van der Waals surface area (Å²) in [6, 6.07) is 6.05. The van der Waals surface area contributed by atoms with Gasteiger partial charge in [-0.1, -0.05) is 19.1 Å². The van der Waals surface area contributed by atoms with Crippen molar-refractivity contribution < 1.29 is 18.0 Å². The molecule has 0 saturated carbocycles. The maximum absolute atomic E-state index is 12.6. The summed E-state index contributed by atoms with van der Waals surface area (Å²) in [4.78, 5) is 23.1. The molecule has 7 heteroatoms. The number of hydrogen-bond acceptors (Lipinski definition) is 4. The van der Waals surface area contributed by atoms with Gasteiger partial charge in [0.2, 0.25) is 15.9 Å². The molecule has 0 aromatic heterocycles. The lowest BCUT2D eigenvalue weighted by Gasteiger charge is -2.19. The molecule has 1 aromatic rings. The lowest BCUT2D eigenvalue weighted by molar-refractivity contribution is -0.120. The van der Waals surface area contributed by atoms with Crippen LogP contribution in [0.25, 0.3) is 0 Å². The molecule has 0 unspecified atom stereocenters. The predicted molar refractivity (Wildman–Crippen MR) is 77.4 cm³/mol. The van der Waals surface area contributed by atoms with E-state index >= 15 is 0 Å².